The average Bonchev–Trinajstić information content (AvgIpc) is 2.33. The second-order valence-electron chi connectivity index (χ2n) is 6.13. The lowest BCUT2D eigenvalue weighted by molar-refractivity contribution is 0.289. The lowest BCUT2D eigenvalue weighted by Crippen LogP contribution is -2.27. The third-order valence-corrected chi connectivity index (χ3v) is 4.62. The molecule has 1 nitrogen and oxygen atoms in total. The molecule has 1 aromatic carbocycles. The minimum atomic E-state index is 0.578. The monoisotopic (exact) mass is 299 g/mol. The number of hydrogen-bond donors (Lipinski definition) is 1. The van der Waals surface area contributed by atoms with Gasteiger partial charge in [-0.3, -0.25) is 0 Å². The Labute approximate surface area is 126 Å². The maximum absolute atomic E-state index is 6.06. The molecule has 2 rings (SSSR count). The Morgan fingerprint density at radius 2 is 2.00 bits per heavy atom. The fourth-order valence-corrected chi connectivity index (χ4v) is 3.42. The zero-order chi connectivity index (χ0) is 13.8. The van der Waals surface area contributed by atoms with Gasteiger partial charge < -0.3 is 5.32 Å². The summed E-state index contributed by atoms with van der Waals surface area (Å²) >= 11 is 12.0. The molecule has 1 aliphatic rings. The smallest absolute Gasteiger partial charge is 0.0612 e. The Morgan fingerprint density at radius 3 is 2.68 bits per heavy atom. The van der Waals surface area contributed by atoms with Gasteiger partial charge in [0, 0.05) is 11.7 Å². The molecule has 0 aliphatic heterocycles. The third-order valence-electron chi connectivity index (χ3n) is 3.88. The standard InChI is InChI=1S/C16H23Cl2N/c1-11(2)8-12-4-3-5-13(9-12)19-14-6-7-15(17)16(18)10-14/h6-7,10-13,19H,3-5,8-9H2,1-2H3. The maximum atomic E-state index is 6.06. The van der Waals surface area contributed by atoms with Gasteiger partial charge in [0.2, 0.25) is 0 Å². The van der Waals surface area contributed by atoms with Crippen molar-refractivity contribution in [3.05, 3.63) is 28.2 Å². The first-order chi connectivity index (χ1) is 9.04. The van der Waals surface area contributed by atoms with Crippen molar-refractivity contribution < 1.29 is 0 Å². The number of rotatable bonds is 4. The van der Waals surface area contributed by atoms with Crippen LogP contribution in [0.4, 0.5) is 5.69 Å². The summed E-state index contributed by atoms with van der Waals surface area (Å²) in [4.78, 5) is 0. The number of benzene rings is 1. The molecule has 2 unspecified atom stereocenters. The summed E-state index contributed by atoms with van der Waals surface area (Å²) in [7, 11) is 0. The molecule has 1 fully saturated rings. The number of hydrogen-bond acceptors (Lipinski definition) is 1. The molecule has 1 saturated carbocycles. The van der Waals surface area contributed by atoms with E-state index in [2.05, 4.69) is 19.2 Å². The summed E-state index contributed by atoms with van der Waals surface area (Å²) < 4.78 is 0. The first-order valence-electron chi connectivity index (χ1n) is 7.26. The van der Waals surface area contributed by atoms with Gasteiger partial charge in [0.05, 0.1) is 10.0 Å². The molecular weight excluding hydrogens is 277 g/mol. The molecule has 0 spiro atoms. The Hall–Kier alpha value is -0.400. The van der Waals surface area contributed by atoms with Crippen LogP contribution in [0.2, 0.25) is 10.0 Å². The third kappa shape index (κ3) is 4.57. The van der Waals surface area contributed by atoms with Crippen LogP contribution in [0.3, 0.4) is 0 Å². The Bertz CT molecular complexity index is 417. The lowest BCUT2D eigenvalue weighted by Gasteiger charge is -2.31. The predicted octanol–water partition coefficient (Wildman–Crippen LogP) is 6.01. The van der Waals surface area contributed by atoms with E-state index in [0.717, 1.165) is 17.5 Å². The van der Waals surface area contributed by atoms with E-state index in [1.807, 2.05) is 18.2 Å². The average molecular weight is 300 g/mol. The summed E-state index contributed by atoms with van der Waals surface area (Å²) in [6.07, 6.45) is 6.60. The van der Waals surface area contributed by atoms with Crippen molar-refractivity contribution in [3.8, 4) is 0 Å². The van der Waals surface area contributed by atoms with Gasteiger partial charge in [-0.05, 0) is 49.3 Å². The molecule has 0 heterocycles. The molecule has 0 bridgehead atoms. The van der Waals surface area contributed by atoms with Crippen LogP contribution >= 0.6 is 23.2 Å². The first kappa shape index (κ1) is 15.0. The quantitative estimate of drug-likeness (QED) is 0.718. The SMILES string of the molecule is CC(C)CC1CCCC(Nc2ccc(Cl)c(Cl)c2)C1. The predicted molar refractivity (Wildman–Crippen MR) is 85.3 cm³/mol. The molecule has 106 valence electrons. The maximum Gasteiger partial charge on any atom is 0.0612 e. The van der Waals surface area contributed by atoms with E-state index in [1.165, 1.54) is 32.1 Å². The fraction of sp³-hybridized carbons (Fsp3) is 0.625. The molecule has 3 heteroatoms. The Morgan fingerprint density at radius 1 is 1.21 bits per heavy atom. The van der Waals surface area contributed by atoms with Crippen LogP contribution in [0.25, 0.3) is 0 Å². The Kier molecular flexibility index (Phi) is 5.41. The highest BCUT2D eigenvalue weighted by atomic mass is 35.5. The summed E-state index contributed by atoms with van der Waals surface area (Å²) in [5.41, 5.74) is 1.09. The van der Waals surface area contributed by atoms with Gasteiger partial charge in [-0.1, -0.05) is 49.9 Å². The Balaban J connectivity index is 1.92. The molecule has 1 aromatic rings. The zero-order valence-corrected chi connectivity index (χ0v) is 13.3. The van der Waals surface area contributed by atoms with Crippen LogP contribution in [-0.2, 0) is 0 Å². The zero-order valence-electron chi connectivity index (χ0n) is 11.8. The molecule has 0 aromatic heterocycles. The van der Waals surface area contributed by atoms with E-state index in [9.17, 15) is 0 Å². The second-order valence-corrected chi connectivity index (χ2v) is 6.95. The van der Waals surface area contributed by atoms with Crippen molar-refractivity contribution in [1.82, 2.24) is 0 Å². The summed E-state index contributed by atoms with van der Waals surface area (Å²) in [5.74, 6) is 1.67. The van der Waals surface area contributed by atoms with E-state index >= 15 is 0 Å². The minimum absolute atomic E-state index is 0.578. The van der Waals surface area contributed by atoms with E-state index in [-0.39, 0.29) is 0 Å². The van der Waals surface area contributed by atoms with Crippen LogP contribution in [-0.4, -0.2) is 6.04 Å². The highest BCUT2D eigenvalue weighted by Crippen LogP contribution is 2.32. The molecule has 0 amide bonds. The van der Waals surface area contributed by atoms with Crippen LogP contribution < -0.4 is 5.32 Å². The molecule has 0 radical (unpaired) electrons. The topological polar surface area (TPSA) is 12.0 Å². The second kappa shape index (κ2) is 6.85. The molecule has 1 N–H and O–H groups in total. The highest BCUT2D eigenvalue weighted by Gasteiger charge is 2.22. The van der Waals surface area contributed by atoms with Gasteiger partial charge in [-0.2, -0.15) is 0 Å². The number of nitrogens with one attached hydrogen (secondary N) is 1. The van der Waals surface area contributed by atoms with Crippen molar-refractivity contribution in [3.63, 3.8) is 0 Å². The largest absolute Gasteiger partial charge is 0.382 e. The number of halogens is 2. The molecule has 1 aliphatic carbocycles. The van der Waals surface area contributed by atoms with Gasteiger partial charge in [0.25, 0.3) is 0 Å². The van der Waals surface area contributed by atoms with E-state index in [4.69, 9.17) is 23.2 Å². The van der Waals surface area contributed by atoms with Gasteiger partial charge in [0.1, 0.15) is 0 Å². The van der Waals surface area contributed by atoms with Crippen LogP contribution in [0.1, 0.15) is 46.0 Å². The fourth-order valence-electron chi connectivity index (χ4n) is 3.12. The summed E-state index contributed by atoms with van der Waals surface area (Å²) in [5, 5.41) is 4.85. The van der Waals surface area contributed by atoms with Crippen molar-refractivity contribution in [2.24, 2.45) is 11.8 Å². The van der Waals surface area contributed by atoms with E-state index in [0.29, 0.717) is 16.1 Å². The normalized spacial score (nSPS) is 23.6. The van der Waals surface area contributed by atoms with Crippen LogP contribution in [0.15, 0.2) is 18.2 Å². The summed E-state index contributed by atoms with van der Waals surface area (Å²) in [6, 6.07) is 6.38. The highest BCUT2D eigenvalue weighted by molar-refractivity contribution is 6.42. The van der Waals surface area contributed by atoms with Gasteiger partial charge in [0.15, 0.2) is 0 Å². The van der Waals surface area contributed by atoms with Crippen molar-refractivity contribution in [2.45, 2.75) is 52.0 Å². The summed E-state index contributed by atoms with van der Waals surface area (Å²) in [6.45, 7) is 4.63. The number of anilines is 1. The first-order valence-corrected chi connectivity index (χ1v) is 8.01. The van der Waals surface area contributed by atoms with Crippen LogP contribution in [0, 0.1) is 11.8 Å². The lowest BCUT2D eigenvalue weighted by atomic mass is 9.81. The molecule has 19 heavy (non-hydrogen) atoms. The van der Waals surface area contributed by atoms with Crippen molar-refractivity contribution in [2.75, 3.05) is 5.32 Å². The van der Waals surface area contributed by atoms with Gasteiger partial charge >= 0.3 is 0 Å². The molecular formula is C16H23Cl2N. The van der Waals surface area contributed by atoms with Crippen molar-refractivity contribution >= 4 is 28.9 Å². The molecule has 2 atom stereocenters. The van der Waals surface area contributed by atoms with Gasteiger partial charge in [-0.25, -0.2) is 0 Å². The van der Waals surface area contributed by atoms with Gasteiger partial charge in [-0.15, -0.1) is 0 Å². The van der Waals surface area contributed by atoms with E-state index in [1.54, 1.807) is 0 Å². The minimum Gasteiger partial charge on any atom is -0.382 e. The van der Waals surface area contributed by atoms with Crippen molar-refractivity contribution in [1.29, 1.82) is 0 Å². The molecule has 0 saturated heterocycles. The van der Waals surface area contributed by atoms with E-state index < -0.39 is 0 Å². The van der Waals surface area contributed by atoms with Crippen LogP contribution in [0.5, 0.6) is 0 Å².